The third-order valence-corrected chi connectivity index (χ3v) is 24.1. The Labute approximate surface area is 696 Å². The van der Waals surface area contributed by atoms with E-state index < -0.39 is 0 Å². The Morgan fingerprint density at radius 3 is 0.825 bits per heavy atom. The standard InChI is InChI=1S/5C23H17N/c1-16-7-6-9-18(15-16)24-22-12-5-4-11-20(22)21-14-13-17-8-2-3-10-19(17)23(21)24;1-16-7-6-9-18(15-16)24-21-12-5-4-11-20(21)23-19-10-3-2-8-17(19)13-14-22(23)24;1-16-7-6-10-19(13-16)24-22-12-5-4-11-20(22)21-14-17-8-2-3-9-18(17)15-23(21)24;1-16-10-13-18(14-11-16)24-21-9-5-4-8-20(21)23-19-7-3-2-6-17(19)12-15-22(23)24;1-16-10-12-19(13-11-16)24-22-9-5-4-8-20(22)21-14-17-6-2-3-7-18(17)15-23(21)24/h5*2-15H,1H3. The van der Waals surface area contributed by atoms with E-state index in [0.717, 1.165) is 0 Å². The van der Waals surface area contributed by atoms with Crippen molar-refractivity contribution in [1.29, 1.82) is 0 Å². The second-order valence-corrected chi connectivity index (χ2v) is 31.9. The molecule has 570 valence electrons. The average Bonchev–Trinajstić information content (AvgIpc) is 1.56. The van der Waals surface area contributed by atoms with Crippen LogP contribution in [0.15, 0.2) is 425 Å². The lowest BCUT2D eigenvalue weighted by molar-refractivity contribution is 1.17. The summed E-state index contributed by atoms with van der Waals surface area (Å²) in [4.78, 5) is 0. The topological polar surface area (TPSA) is 24.6 Å². The number of rotatable bonds is 5. The summed E-state index contributed by atoms with van der Waals surface area (Å²) in [5, 5.41) is 26.1. The van der Waals surface area contributed by atoms with Crippen LogP contribution in [0.1, 0.15) is 27.8 Å². The van der Waals surface area contributed by atoms with E-state index >= 15 is 0 Å². The van der Waals surface area contributed by atoms with Gasteiger partial charge in [-0.05, 0) is 227 Å². The van der Waals surface area contributed by atoms with Gasteiger partial charge in [0.05, 0.1) is 55.2 Å². The molecule has 0 fully saturated rings. The Kier molecular flexibility index (Phi) is 18.3. The molecule has 25 aromatic rings. The molecule has 0 saturated heterocycles. The first-order valence-electron chi connectivity index (χ1n) is 41.5. The molecule has 5 nitrogen and oxygen atoms in total. The minimum atomic E-state index is 1.21. The van der Waals surface area contributed by atoms with Gasteiger partial charge in [0.2, 0.25) is 0 Å². The van der Waals surface area contributed by atoms with Gasteiger partial charge in [-0.2, -0.15) is 0 Å². The summed E-state index contributed by atoms with van der Waals surface area (Å²) in [6.45, 7) is 10.7. The highest BCUT2D eigenvalue weighted by Crippen LogP contribution is 2.43. The first-order valence-corrected chi connectivity index (χ1v) is 41.5. The maximum absolute atomic E-state index is 2.40. The minimum absolute atomic E-state index is 1.21. The van der Waals surface area contributed by atoms with Crippen molar-refractivity contribution in [1.82, 2.24) is 22.8 Å². The molecule has 5 heterocycles. The Morgan fingerprint density at radius 2 is 0.417 bits per heavy atom. The van der Waals surface area contributed by atoms with E-state index in [1.807, 2.05) is 0 Å². The lowest BCUT2D eigenvalue weighted by Crippen LogP contribution is -1.94. The molecule has 0 bridgehead atoms. The maximum atomic E-state index is 2.40. The van der Waals surface area contributed by atoms with Gasteiger partial charge in [-0.15, -0.1) is 0 Å². The van der Waals surface area contributed by atoms with E-state index in [0.29, 0.717) is 0 Å². The van der Waals surface area contributed by atoms with Crippen molar-refractivity contribution in [2.24, 2.45) is 0 Å². The van der Waals surface area contributed by atoms with Crippen LogP contribution in [0.4, 0.5) is 0 Å². The second kappa shape index (κ2) is 30.4. The molecular weight excluding hydrogens is 1450 g/mol. The predicted molar refractivity (Wildman–Crippen MR) is 515 cm³/mol. The molecule has 120 heavy (non-hydrogen) atoms. The molecule has 0 aliphatic rings. The van der Waals surface area contributed by atoms with E-state index in [4.69, 9.17) is 0 Å². The van der Waals surface area contributed by atoms with Crippen LogP contribution in [-0.4, -0.2) is 22.8 Å². The highest BCUT2D eigenvalue weighted by molar-refractivity contribution is 6.24. The van der Waals surface area contributed by atoms with Crippen molar-refractivity contribution in [3.63, 3.8) is 0 Å². The van der Waals surface area contributed by atoms with Gasteiger partial charge in [-0.25, -0.2) is 0 Å². The van der Waals surface area contributed by atoms with E-state index in [9.17, 15) is 0 Å². The molecule has 0 N–H and O–H groups in total. The van der Waals surface area contributed by atoms with Crippen molar-refractivity contribution in [2.75, 3.05) is 0 Å². The maximum Gasteiger partial charge on any atom is 0.0619 e. The summed E-state index contributed by atoms with van der Waals surface area (Å²) in [7, 11) is 0. The fourth-order valence-corrected chi connectivity index (χ4v) is 18.6. The van der Waals surface area contributed by atoms with Gasteiger partial charge in [-0.1, -0.05) is 308 Å². The lowest BCUT2D eigenvalue weighted by atomic mass is 10.0. The fourth-order valence-electron chi connectivity index (χ4n) is 18.6. The molecule has 0 atom stereocenters. The van der Waals surface area contributed by atoms with Crippen LogP contribution in [-0.2, 0) is 0 Å². The lowest BCUT2D eigenvalue weighted by Gasteiger charge is -2.10. The second-order valence-electron chi connectivity index (χ2n) is 31.9. The number of para-hydroxylation sites is 5. The minimum Gasteiger partial charge on any atom is -0.309 e. The van der Waals surface area contributed by atoms with Crippen molar-refractivity contribution in [3.8, 4) is 28.4 Å². The molecule has 0 unspecified atom stereocenters. The highest BCUT2D eigenvalue weighted by atomic mass is 15.0. The summed E-state index contributed by atoms with van der Waals surface area (Å²) in [6, 6.07) is 153. The quantitative estimate of drug-likeness (QED) is 0.164. The van der Waals surface area contributed by atoms with E-state index in [1.54, 1.807) is 0 Å². The van der Waals surface area contributed by atoms with Gasteiger partial charge >= 0.3 is 0 Å². The normalized spacial score (nSPS) is 11.5. The molecule has 0 radical (unpaired) electrons. The molecule has 0 spiro atoms. The van der Waals surface area contributed by atoms with Gasteiger partial charge in [-0.3, -0.25) is 0 Å². The third kappa shape index (κ3) is 12.8. The molecule has 0 aliphatic heterocycles. The summed E-state index contributed by atoms with van der Waals surface area (Å²) < 4.78 is 11.9. The van der Waals surface area contributed by atoms with Crippen molar-refractivity contribution >= 4 is 163 Å². The number of benzene rings is 20. The zero-order valence-corrected chi connectivity index (χ0v) is 67.7. The van der Waals surface area contributed by atoms with Crippen LogP contribution in [0.2, 0.25) is 0 Å². The molecule has 0 saturated carbocycles. The van der Waals surface area contributed by atoms with E-state index in [1.165, 1.54) is 219 Å². The van der Waals surface area contributed by atoms with Gasteiger partial charge in [0.1, 0.15) is 0 Å². The number of hydrogen-bond donors (Lipinski definition) is 0. The van der Waals surface area contributed by atoms with Gasteiger partial charge < -0.3 is 22.8 Å². The van der Waals surface area contributed by atoms with Gasteiger partial charge in [0.25, 0.3) is 0 Å². The number of nitrogens with zero attached hydrogens (tertiary/aromatic N) is 5. The summed E-state index contributed by atoms with van der Waals surface area (Å²) >= 11 is 0. The van der Waals surface area contributed by atoms with Crippen molar-refractivity contribution in [2.45, 2.75) is 34.6 Å². The van der Waals surface area contributed by atoms with Crippen LogP contribution in [0.5, 0.6) is 0 Å². The molecule has 25 rings (SSSR count). The Hall–Kier alpha value is -15.3. The highest BCUT2D eigenvalue weighted by Gasteiger charge is 2.20. The Morgan fingerprint density at radius 1 is 0.133 bits per heavy atom. The Balaban J connectivity index is 0.0000000928. The number of hydrogen-bond acceptors (Lipinski definition) is 0. The average molecular weight is 1540 g/mol. The van der Waals surface area contributed by atoms with Crippen LogP contribution >= 0.6 is 0 Å². The van der Waals surface area contributed by atoms with Crippen molar-refractivity contribution < 1.29 is 0 Å². The Bertz CT molecular complexity index is 8150. The number of aromatic nitrogens is 5. The van der Waals surface area contributed by atoms with Crippen LogP contribution in [0, 0.1) is 34.6 Å². The van der Waals surface area contributed by atoms with Crippen molar-refractivity contribution in [3.05, 3.63) is 452 Å². The summed E-state index contributed by atoms with van der Waals surface area (Å²) in [6.07, 6.45) is 0. The third-order valence-electron chi connectivity index (χ3n) is 24.1. The molecule has 20 aromatic carbocycles. The molecule has 5 heteroatoms. The SMILES string of the molecule is Cc1ccc(-n2c3ccccc3c3c4ccccc4ccc32)cc1.Cc1ccc(-n2c3ccccc3c3cc4ccccc4cc32)cc1.Cc1cccc(-n2c3ccccc3c3c4ccccc4ccc32)c1.Cc1cccc(-n2c3ccccc3c3cc4ccccc4cc32)c1.Cc1cccc(-n2c3ccccc3c3ccc4ccccc4c32)c1. The first-order chi connectivity index (χ1) is 59.1. The molecular formula is C115H85N5. The number of aryl methyl sites for hydroxylation is 5. The monoisotopic (exact) mass is 1540 g/mol. The zero-order chi connectivity index (χ0) is 80.5. The fraction of sp³-hybridized carbons (Fsp3) is 0.0435. The predicted octanol–water partition coefficient (Wildman–Crippen LogP) is 31.2. The van der Waals surface area contributed by atoms with Crippen LogP contribution < -0.4 is 0 Å². The molecule has 0 aliphatic carbocycles. The molecule has 0 amide bonds. The van der Waals surface area contributed by atoms with Crippen LogP contribution in [0.25, 0.3) is 191 Å². The summed E-state index contributed by atoms with van der Waals surface area (Å²) in [5.41, 5.74) is 25.1. The first kappa shape index (κ1) is 72.4. The largest absolute Gasteiger partial charge is 0.309 e. The van der Waals surface area contributed by atoms with Gasteiger partial charge in [0.15, 0.2) is 0 Å². The van der Waals surface area contributed by atoms with E-state index in [-0.39, 0.29) is 0 Å². The van der Waals surface area contributed by atoms with Gasteiger partial charge in [0, 0.05) is 87.7 Å². The van der Waals surface area contributed by atoms with Crippen LogP contribution in [0.3, 0.4) is 0 Å². The zero-order valence-electron chi connectivity index (χ0n) is 67.7. The molecule has 5 aromatic heterocycles. The number of fused-ring (bicyclic) bond motifs is 23. The summed E-state index contributed by atoms with van der Waals surface area (Å²) in [5.74, 6) is 0. The van der Waals surface area contributed by atoms with E-state index in [2.05, 4.69) is 482 Å². The smallest absolute Gasteiger partial charge is 0.0619 e.